The van der Waals surface area contributed by atoms with Gasteiger partial charge in [-0.2, -0.15) is 0 Å². The minimum absolute atomic E-state index is 0.144. The summed E-state index contributed by atoms with van der Waals surface area (Å²) in [5.41, 5.74) is 2.21. The molecule has 1 aliphatic heterocycles. The molecule has 176 valence electrons. The van der Waals surface area contributed by atoms with Crippen molar-refractivity contribution in [2.45, 2.75) is 19.6 Å². The number of carbonyl (C=O) groups is 2. The number of aromatic amines is 1. The molecule has 0 radical (unpaired) electrons. The number of aromatic nitrogens is 4. The summed E-state index contributed by atoms with van der Waals surface area (Å²) in [5, 5.41) is 13.8. The van der Waals surface area contributed by atoms with Crippen LogP contribution in [0.3, 0.4) is 0 Å². The highest BCUT2D eigenvalue weighted by Gasteiger charge is 2.34. The maximum absolute atomic E-state index is 14.9. The molecular formula is C23H19FN8O2S. The number of H-pyrrole nitrogens is 1. The molecule has 3 N–H and O–H groups in total. The van der Waals surface area contributed by atoms with Crippen molar-refractivity contribution in [1.82, 2.24) is 25.5 Å². The molecule has 4 aromatic rings. The van der Waals surface area contributed by atoms with Crippen molar-refractivity contribution in [3.8, 4) is 0 Å². The minimum atomic E-state index is -1.34. The van der Waals surface area contributed by atoms with Gasteiger partial charge in [-0.25, -0.2) is 19.2 Å². The fraction of sp³-hybridized carbons (Fsp3) is 0.130. The van der Waals surface area contributed by atoms with E-state index in [0.29, 0.717) is 22.0 Å². The van der Waals surface area contributed by atoms with E-state index in [2.05, 4.69) is 35.8 Å². The summed E-state index contributed by atoms with van der Waals surface area (Å²) in [4.78, 5) is 39.5. The number of benzene rings is 2. The predicted octanol–water partition coefficient (Wildman–Crippen LogP) is 3.24. The van der Waals surface area contributed by atoms with Crippen LogP contribution in [-0.4, -0.2) is 44.0 Å². The largest absolute Gasteiger partial charge is 0.347 e. The minimum Gasteiger partial charge on any atom is -0.347 e. The summed E-state index contributed by atoms with van der Waals surface area (Å²) >= 11 is 1.19. The topological polar surface area (TPSA) is 128 Å². The maximum Gasteiger partial charge on any atom is 0.323 e. The highest BCUT2D eigenvalue weighted by atomic mass is 32.1. The number of hydrogen-bond donors (Lipinski definition) is 3. The van der Waals surface area contributed by atoms with Crippen molar-refractivity contribution in [3.05, 3.63) is 88.7 Å². The van der Waals surface area contributed by atoms with E-state index in [1.165, 1.54) is 28.6 Å². The zero-order valence-electron chi connectivity index (χ0n) is 18.4. The summed E-state index contributed by atoms with van der Waals surface area (Å²) in [6, 6.07) is 12.6. The van der Waals surface area contributed by atoms with E-state index >= 15 is 0 Å². The number of urea groups is 1. The third kappa shape index (κ3) is 4.64. The smallest absolute Gasteiger partial charge is 0.323 e. The Morgan fingerprint density at radius 3 is 2.63 bits per heavy atom. The van der Waals surface area contributed by atoms with Crippen molar-refractivity contribution in [1.29, 1.82) is 0 Å². The Labute approximate surface area is 203 Å². The SMILES string of the molecule is Cc1nnc(NC(=O)NC2N=C(c3ccccc3F)c3ccccc3N(Cc3cnc[nH]3)C2=O)s1. The summed E-state index contributed by atoms with van der Waals surface area (Å²) in [6.45, 7) is 1.90. The lowest BCUT2D eigenvalue weighted by Gasteiger charge is -2.25. The first-order valence-corrected chi connectivity index (χ1v) is 11.4. The molecular weight excluding hydrogens is 471 g/mol. The number of rotatable bonds is 5. The van der Waals surface area contributed by atoms with Crippen LogP contribution in [0, 0.1) is 12.7 Å². The number of para-hydroxylation sites is 1. The molecule has 5 rings (SSSR count). The highest BCUT2D eigenvalue weighted by molar-refractivity contribution is 7.15. The number of nitrogens with one attached hydrogen (secondary N) is 3. The summed E-state index contributed by atoms with van der Waals surface area (Å²) in [7, 11) is 0. The fourth-order valence-electron chi connectivity index (χ4n) is 3.70. The van der Waals surface area contributed by atoms with Gasteiger partial charge in [0.05, 0.1) is 30.0 Å². The van der Waals surface area contributed by atoms with Crippen molar-refractivity contribution in [3.63, 3.8) is 0 Å². The third-order valence-electron chi connectivity index (χ3n) is 5.23. The van der Waals surface area contributed by atoms with Gasteiger partial charge in [-0.05, 0) is 25.1 Å². The molecule has 3 amide bonds. The second-order valence-corrected chi connectivity index (χ2v) is 8.78. The Hall–Kier alpha value is -4.45. The number of nitrogens with zero attached hydrogens (tertiary/aromatic N) is 5. The molecule has 1 atom stereocenters. The molecule has 35 heavy (non-hydrogen) atoms. The van der Waals surface area contributed by atoms with Gasteiger partial charge in [0, 0.05) is 17.3 Å². The average molecular weight is 491 g/mol. The lowest BCUT2D eigenvalue weighted by Crippen LogP contribution is -2.48. The average Bonchev–Trinajstić information content (AvgIpc) is 3.50. The number of hydrogen-bond acceptors (Lipinski definition) is 7. The molecule has 1 aliphatic rings. The lowest BCUT2D eigenvalue weighted by atomic mass is 9.99. The molecule has 0 fully saturated rings. The van der Waals surface area contributed by atoms with Crippen LogP contribution in [-0.2, 0) is 11.3 Å². The highest BCUT2D eigenvalue weighted by Crippen LogP contribution is 2.30. The standard InChI is InChI=1S/C23H19FN8O2S/c1-13-30-31-23(35-13)29-22(34)28-20-21(33)32(11-14-10-25-12-26-14)18-9-5-3-7-16(18)19(27-20)15-6-2-4-8-17(15)24/h2-10,12,20H,11H2,1H3,(H,25,26)(H2,28,29,31,34). The first-order chi connectivity index (χ1) is 17.0. The molecule has 10 nitrogen and oxygen atoms in total. The van der Waals surface area contributed by atoms with Gasteiger partial charge in [-0.1, -0.05) is 41.7 Å². The Morgan fingerprint density at radius 2 is 1.91 bits per heavy atom. The molecule has 0 saturated heterocycles. The van der Waals surface area contributed by atoms with Gasteiger partial charge >= 0.3 is 6.03 Å². The monoisotopic (exact) mass is 490 g/mol. The Balaban J connectivity index is 1.58. The van der Waals surface area contributed by atoms with Crippen molar-refractivity contribution >= 4 is 39.8 Å². The molecule has 0 spiro atoms. The quantitative estimate of drug-likeness (QED) is 0.396. The number of halogens is 1. The van der Waals surface area contributed by atoms with Crippen LogP contribution in [0.25, 0.3) is 0 Å². The Morgan fingerprint density at radius 1 is 1.14 bits per heavy atom. The van der Waals surface area contributed by atoms with Crippen LogP contribution in [0.1, 0.15) is 21.8 Å². The van der Waals surface area contributed by atoms with Crippen LogP contribution >= 0.6 is 11.3 Å². The Kier molecular flexibility index (Phi) is 6.02. The molecule has 2 aromatic carbocycles. The second kappa shape index (κ2) is 9.43. The zero-order chi connectivity index (χ0) is 24.4. The van der Waals surface area contributed by atoms with Crippen LogP contribution in [0.15, 0.2) is 66.0 Å². The normalized spacial score (nSPS) is 15.3. The van der Waals surface area contributed by atoms with E-state index in [1.807, 2.05) is 0 Å². The number of benzodiazepines with no additional fused rings is 1. The molecule has 0 saturated carbocycles. The summed E-state index contributed by atoms with van der Waals surface area (Å²) in [5.74, 6) is -0.995. The number of carbonyl (C=O) groups excluding carboxylic acids is 2. The number of imidazole rings is 1. The zero-order valence-corrected chi connectivity index (χ0v) is 19.2. The van der Waals surface area contributed by atoms with Gasteiger partial charge in [0.15, 0.2) is 0 Å². The third-order valence-corrected chi connectivity index (χ3v) is 5.99. The predicted molar refractivity (Wildman–Crippen MR) is 129 cm³/mol. The van der Waals surface area contributed by atoms with Crippen LogP contribution in [0.2, 0.25) is 0 Å². The van der Waals surface area contributed by atoms with E-state index in [0.717, 1.165) is 0 Å². The van der Waals surface area contributed by atoms with Crippen LogP contribution in [0.5, 0.6) is 0 Å². The molecule has 0 bridgehead atoms. The van der Waals surface area contributed by atoms with Crippen molar-refractivity contribution in [2.75, 3.05) is 10.2 Å². The second-order valence-electron chi connectivity index (χ2n) is 7.60. The van der Waals surface area contributed by atoms with Gasteiger partial charge in [0.25, 0.3) is 5.91 Å². The van der Waals surface area contributed by atoms with E-state index in [4.69, 9.17) is 0 Å². The van der Waals surface area contributed by atoms with Crippen molar-refractivity contribution in [2.24, 2.45) is 4.99 Å². The van der Waals surface area contributed by atoms with E-state index in [-0.39, 0.29) is 23.0 Å². The van der Waals surface area contributed by atoms with Gasteiger partial charge in [0.1, 0.15) is 10.8 Å². The summed E-state index contributed by atoms with van der Waals surface area (Å²) in [6.07, 6.45) is 1.78. The molecule has 3 heterocycles. The molecule has 12 heteroatoms. The van der Waals surface area contributed by atoms with E-state index in [1.54, 1.807) is 55.6 Å². The van der Waals surface area contributed by atoms with Crippen molar-refractivity contribution < 1.29 is 14.0 Å². The van der Waals surface area contributed by atoms with Gasteiger partial charge in [-0.15, -0.1) is 10.2 Å². The van der Waals surface area contributed by atoms with Crippen LogP contribution in [0.4, 0.5) is 20.0 Å². The van der Waals surface area contributed by atoms with Gasteiger partial charge in [-0.3, -0.25) is 10.1 Å². The lowest BCUT2D eigenvalue weighted by molar-refractivity contribution is -0.120. The van der Waals surface area contributed by atoms with Crippen LogP contribution < -0.4 is 15.5 Å². The number of amides is 3. The molecule has 2 aromatic heterocycles. The Bertz CT molecular complexity index is 1420. The number of anilines is 2. The molecule has 0 aliphatic carbocycles. The van der Waals surface area contributed by atoms with Gasteiger partial charge < -0.3 is 15.2 Å². The number of aliphatic imine (C=N–C) groups is 1. The first-order valence-electron chi connectivity index (χ1n) is 10.6. The van der Waals surface area contributed by atoms with E-state index in [9.17, 15) is 14.0 Å². The summed E-state index contributed by atoms with van der Waals surface area (Å²) < 4.78 is 14.9. The van der Waals surface area contributed by atoms with Gasteiger partial charge in [0.2, 0.25) is 11.3 Å². The molecule has 1 unspecified atom stereocenters. The fourth-order valence-corrected chi connectivity index (χ4v) is 4.29. The van der Waals surface area contributed by atoms with E-state index < -0.39 is 23.9 Å². The number of fused-ring (bicyclic) bond motifs is 1. The number of aryl methyl sites for hydroxylation is 1. The maximum atomic E-state index is 14.9. The first kappa shape index (κ1) is 22.3.